The Morgan fingerprint density at radius 2 is 1.69 bits per heavy atom. The van der Waals surface area contributed by atoms with Gasteiger partial charge >= 0.3 is 0 Å². The molecule has 2 unspecified atom stereocenters. The molecule has 154 valence electrons. The zero-order valence-electron chi connectivity index (χ0n) is 17.0. The molecular formula is C23H27NO4S. The predicted octanol–water partition coefficient (Wildman–Crippen LogP) is 4.76. The third-order valence-corrected chi connectivity index (χ3v) is 7.14. The van der Waals surface area contributed by atoms with Gasteiger partial charge in [0, 0.05) is 10.3 Å². The first-order valence-corrected chi connectivity index (χ1v) is 11.2. The summed E-state index contributed by atoms with van der Waals surface area (Å²) in [4.78, 5) is 19.3. The summed E-state index contributed by atoms with van der Waals surface area (Å²) >= 11 is 0. The highest BCUT2D eigenvalue weighted by Gasteiger charge is 2.44. The number of nitrogens with zero attached hydrogens (tertiary/aromatic N) is 1. The lowest BCUT2D eigenvalue weighted by Crippen LogP contribution is -2.52. The van der Waals surface area contributed by atoms with E-state index >= 15 is 0 Å². The number of allylic oxidation sites excluding steroid dienone is 1. The Morgan fingerprint density at radius 3 is 2.28 bits per heavy atom. The topological polar surface area (TPSA) is 63.7 Å². The summed E-state index contributed by atoms with van der Waals surface area (Å²) in [6.07, 6.45) is 0.453. The largest absolute Gasteiger partial charge is 0.272 e. The van der Waals surface area contributed by atoms with Gasteiger partial charge in [-0.15, -0.1) is 0 Å². The number of anilines is 1. The number of hydrogen-bond acceptors (Lipinski definition) is 4. The van der Waals surface area contributed by atoms with Crippen LogP contribution in [0.4, 0.5) is 5.69 Å². The third kappa shape index (κ3) is 4.43. The highest BCUT2D eigenvalue weighted by molar-refractivity contribution is 7.95. The zero-order valence-corrected chi connectivity index (χ0v) is 17.9. The lowest BCUT2D eigenvalue weighted by atomic mass is 9.80. The maximum atomic E-state index is 12.9. The van der Waals surface area contributed by atoms with Crippen molar-refractivity contribution >= 4 is 21.4 Å². The Labute approximate surface area is 172 Å². The number of hydrogen-bond donors (Lipinski definition) is 0. The Morgan fingerprint density at radius 1 is 1.14 bits per heavy atom. The molecule has 2 atom stereocenters. The van der Waals surface area contributed by atoms with Crippen LogP contribution in [-0.2, 0) is 19.5 Å². The maximum absolute atomic E-state index is 12.9. The van der Waals surface area contributed by atoms with Crippen LogP contribution in [0.5, 0.6) is 0 Å². The molecule has 1 aliphatic heterocycles. The van der Waals surface area contributed by atoms with Crippen molar-refractivity contribution in [2.24, 2.45) is 11.3 Å². The van der Waals surface area contributed by atoms with E-state index in [-0.39, 0.29) is 34.2 Å². The monoisotopic (exact) mass is 413 g/mol. The zero-order chi connectivity index (χ0) is 21.2. The van der Waals surface area contributed by atoms with Gasteiger partial charge in [-0.2, -0.15) is 5.06 Å². The average Bonchev–Trinajstić information content (AvgIpc) is 2.71. The standard InChI is InChI=1S/C23H27NO4S/c1-17(15-18(2)29(26,27)20-13-9-6-10-14-20)21-16-23(3,4)22(25)24(28-21)19-11-7-5-8-12-19/h5-14,17,21H,2,15-16H2,1,3-4H3. The number of hydroxylamine groups is 1. The number of amides is 1. The summed E-state index contributed by atoms with van der Waals surface area (Å²) in [6, 6.07) is 17.5. The molecule has 1 aliphatic rings. The number of para-hydroxylation sites is 1. The first-order valence-electron chi connectivity index (χ1n) is 9.67. The summed E-state index contributed by atoms with van der Waals surface area (Å²) in [5.41, 5.74) is 0.0466. The smallest absolute Gasteiger partial charge is 0.256 e. The van der Waals surface area contributed by atoms with Crippen molar-refractivity contribution in [2.75, 3.05) is 5.06 Å². The highest BCUT2D eigenvalue weighted by atomic mass is 32.2. The molecule has 0 spiro atoms. The molecule has 1 amide bonds. The molecule has 0 saturated carbocycles. The molecule has 0 aliphatic carbocycles. The minimum atomic E-state index is -3.61. The van der Waals surface area contributed by atoms with Gasteiger partial charge in [0.05, 0.1) is 16.7 Å². The van der Waals surface area contributed by atoms with Crippen molar-refractivity contribution in [2.45, 2.75) is 44.6 Å². The number of sulfone groups is 1. The van der Waals surface area contributed by atoms with Gasteiger partial charge in [0.15, 0.2) is 0 Å². The van der Waals surface area contributed by atoms with Crippen molar-refractivity contribution in [1.82, 2.24) is 0 Å². The second-order valence-electron chi connectivity index (χ2n) is 8.20. The average molecular weight is 414 g/mol. The molecule has 0 radical (unpaired) electrons. The maximum Gasteiger partial charge on any atom is 0.256 e. The minimum Gasteiger partial charge on any atom is -0.272 e. The number of carbonyl (C=O) groups is 1. The van der Waals surface area contributed by atoms with E-state index in [1.807, 2.05) is 51.1 Å². The van der Waals surface area contributed by atoms with E-state index in [0.717, 1.165) is 0 Å². The van der Waals surface area contributed by atoms with Gasteiger partial charge in [-0.25, -0.2) is 8.42 Å². The fourth-order valence-corrected chi connectivity index (χ4v) is 4.83. The van der Waals surface area contributed by atoms with Gasteiger partial charge in [-0.3, -0.25) is 9.63 Å². The van der Waals surface area contributed by atoms with Gasteiger partial charge < -0.3 is 0 Å². The van der Waals surface area contributed by atoms with Crippen LogP contribution in [-0.4, -0.2) is 20.4 Å². The Kier molecular flexibility index (Phi) is 5.96. The molecule has 6 heteroatoms. The molecular weight excluding hydrogens is 386 g/mol. The van der Waals surface area contributed by atoms with Gasteiger partial charge in [-0.1, -0.05) is 63.7 Å². The summed E-state index contributed by atoms with van der Waals surface area (Å²) in [7, 11) is -3.61. The van der Waals surface area contributed by atoms with Crippen LogP contribution in [0, 0.1) is 11.3 Å². The highest BCUT2D eigenvalue weighted by Crippen LogP contribution is 2.39. The summed E-state index contributed by atoms with van der Waals surface area (Å²) in [6.45, 7) is 9.56. The number of rotatable bonds is 6. The number of carbonyl (C=O) groups excluding carboxylic acids is 1. The third-order valence-electron chi connectivity index (χ3n) is 5.32. The van der Waals surface area contributed by atoms with Crippen LogP contribution in [0.1, 0.15) is 33.6 Å². The SMILES string of the molecule is C=C(CC(C)C1CC(C)(C)C(=O)N(c2ccccc2)O1)S(=O)(=O)c1ccccc1. The van der Waals surface area contributed by atoms with E-state index in [4.69, 9.17) is 4.84 Å². The normalized spacial score (nSPS) is 20.3. The van der Waals surface area contributed by atoms with E-state index in [9.17, 15) is 13.2 Å². The van der Waals surface area contributed by atoms with Gasteiger partial charge in [0.25, 0.3) is 5.91 Å². The van der Waals surface area contributed by atoms with Crippen LogP contribution in [0.2, 0.25) is 0 Å². The van der Waals surface area contributed by atoms with E-state index in [2.05, 4.69) is 6.58 Å². The van der Waals surface area contributed by atoms with E-state index < -0.39 is 15.3 Å². The minimum absolute atomic E-state index is 0.108. The van der Waals surface area contributed by atoms with Gasteiger partial charge in [0.1, 0.15) is 0 Å². The molecule has 0 N–H and O–H groups in total. The first-order chi connectivity index (χ1) is 13.6. The van der Waals surface area contributed by atoms with Crippen LogP contribution in [0.25, 0.3) is 0 Å². The van der Waals surface area contributed by atoms with Crippen LogP contribution < -0.4 is 5.06 Å². The van der Waals surface area contributed by atoms with Crippen molar-refractivity contribution in [1.29, 1.82) is 0 Å². The second kappa shape index (κ2) is 8.13. The molecule has 0 bridgehead atoms. The predicted molar refractivity (Wildman–Crippen MR) is 114 cm³/mol. The van der Waals surface area contributed by atoms with Crippen molar-refractivity contribution < 1.29 is 18.0 Å². The van der Waals surface area contributed by atoms with E-state index in [0.29, 0.717) is 12.1 Å². The fraction of sp³-hybridized carbons (Fsp3) is 0.348. The van der Waals surface area contributed by atoms with Crippen molar-refractivity contribution in [3.63, 3.8) is 0 Å². The number of benzene rings is 2. The van der Waals surface area contributed by atoms with Gasteiger partial charge in [0.2, 0.25) is 9.84 Å². The Bertz CT molecular complexity index is 984. The molecule has 1 fully saturated rings. The molecule has 2 aromatic rings. The van der Waals surface area contributed by atoms with E-state index in [1.54, 1.807) is 30.3 Å². The van der Waals surface area contributed by atoms with E-state index in [1.165, 1.54) is 5.06 Å². The quantitative estimate of drug-likeness (QED) is 0.685. The molecule has 1 saturated heterocycles. The Hall–Kier alpha value is -2.44. The summed E-state index contributed by atoms with van der Waals surface area (Å²) in [5, 5.41) is 1.35. The summed E-state index contributed by atoms with van der Waals surface area (Å²) < 4.78 is 25.6. The fourth-order valence-electron chi connectivity index (χ4n) is 3.50. The molecule has 3 rings (SSSR count). The molecule has 1 heterocycles. The lowest BCUT2D eigenvalue weighted by molar-refractivity contribution is -0.152. The van der Waals surface area contributed by atoms with Gasteiger partial charge in [-0.05, 0) is 43.0 Å². The van der Waals surface area contributed by atoms with Crippen LogP contribution >= 0.6 is 0 Å². The van der Waals surface area contributed by atoms with Crippen molar-refractivity contribution in [3.8, 4) is 0 Å². The van der Waals surface area contributed by atoms with Crippen LogP contribution in [0.15, 0.2) is 77.0 Å². The molecule has 29 heavy (non-hydrogen) atoms. The van der Waals surface area contributed by atoms with Crippen molar-refractivity contribution in [3.05, 3.63) is 72.1 Å². The molecule has 2 aromatic carbocycles. The van der Waals surface area contributed by atoms with Crippen LogP contribution in [0.3, 0.4) is 0 Å². The molecule has 5 nitrogen and oxygen atoms in total. The first kappa shape index (κ1) is 21.3. The summed E-state index contributed by atoms with van der Waals surface area (Å²) in [5.74, 6) is -0.248. The molecule has 0 aromatic heterocycles. The second-order valence-corrected chi connectivity index (χ2v) is 10.3. The lowest BCUT2D eigenvalue weighted by Gasteiger charge is -2.42. The Balaban J connectivity index is 1.79.